The first-order valence-corrected chi connectivity index (χ1v) is 8.82. The van der Waals surface area contributed by atoms with Crippen LogP contribution >= 0.6 is 35.6 Å². The molecule has 8 heteroatoms. The molecule has 25 heavy (non-hydrogen) atoms. The lowest BCUT2D eigenvalue weighted by molar-refractivity contribution is 0.0933. The summed E-state index contributed by atoms with van der Waals surface area (Å²) in [4.78, 5) is 12.4. The quantitative estimate of drug-likeness (QED) is 0.810. The van der Waals surface area contributed by atoms with E-state index in [1.165, 1.54) is 0 Å². The topological polar surface area (TPSA) is 59.0 Å². The predicted octanol–water partition coefficient (Wildman–Crippen LogP) is 4.03. The molecule has 3 rings (SSSR count). The first kappa shape index (κ1) is 20.0. The van der Waals surface area contributed by atoms with Crippen LogP contribution in [0.2, 0.25) is 10.0 Å². The van der Waals surface area contributed by atoms with E-state index in [1.807, 2.05) is 23.9 Å². The van der Waals surface area contributed by atoms with Crippen molar-refractivity contribution in [1.29, 1.82) is 0 Å². The highest BCUT2D eigenvalue weighted by Crippen LogP contribution is 2.25. The van der Waals surface area contributed by atoms with Gasteiger partial charge in [0.05, 0.1) is 22.1 Å². The zero-order valence-electron chi connectivity index (χ0n) is 13.8. The molecule has 1 amide bonds. The molecule has 1 aromatic heterocycles. The normalized spacial score (nSPS) is 18.3. The Morgan fingerprint density at radius 2 is 2.16 bits per heavy atom. The Balaban J connectivity index is 0.00000225. The molecule has 2 heterocycles. The second-order valence-corrected chi connectivity index (χ2v) is 6.86. The van der Waals surface area contributed by atoms with Gasteiger partial charge < -0.3 is 10.6 Å². The summed E-state index contributed by atoms with van der Waals surface area (Å²) in [6.07, 6.45) is 4.08. The summed E-state index contributed by atoms with van der Waals surface area (Å²) in [5.41, 5.74) is 1.32. The molecule has 1 saturated heterocycles. The van der Waals surface area contributed by atoms with Crippen LogP contribution in [0.4, 0.5) is 0 Å². The smallest absolute Gasteiger partial charge is 0.272 e. The fourth-order valence-electron chi connectivity index (χ4n) is 2.86. The minimum atomic E-state index is -0.198. The number of halogens is 3. The third kappa shape index (κ3) is 4.88. The Hall–Kier alpha value is -1.27. The number of carbonyl (C=O) groups is 1. The molecule has 0 aliphatic carbocycles. The van der Waals surface area contributed by atoms with E-state index >= 15 is 0 Å². The number of nitrogens with one attached hydrogen (secondary N) is 2. The van der Waals surface area contributed by atoms with Crippen LogP contribution in [-0.4, -0.2) is 28.8 Å². The van der Waals surface area contributed by atoms with Gasteiger partial charge >= 0.3 is 0 Å². The van der Waals surface area contributed by atoms with Gasteiger partial charge in [0.1, 0.15) is 5.69 Å². The molecule has 0 saturated carbocycles. The van der Waals surface area contributed by atoms with Crippen molar-refractivity contribution in [2.24, 2.45) is 0 Å². The first-order chi connectivity index (χ1) is 11.5. The average Bonchev–Trinajstić information content (AvgIpc) is 3.08. The van der Waals surface area contributed by atoms with Gasteiger partial charge in [0.15, 0.2) is 0 Å². The van der Waals surface area contributed by atoms with E-state index in [2.05, 4.69) is 15.7 Å². The summed E-state index contributed by atoms with van der Waals surface area (Å²) in [7, 11) is 0. The summed E-state index contributed by atoms with van der Waals surface area (Å²) in [5.74, 6) is -0.198. The van der Waals surface area contributed by atoms with E-state index in [1.54, 1.807) is 18.2 Å². The van der Waals surface area contributed by atoms with E-state index in [0.29, 0.717) is 21.8 Å². The van der Waals surface area contributed by atoms with Crippen molar-refractivity contribution in [3.63, 3.8) is 0 Å². The number of hydrogen-bond donors (Lipinski definition) is 2. The SMILES string of the molecule is CC(NC(=O)c1ccn(C2CCCNC2)n1)c1ccc(Cl)c(Cl)c1.Cl. The maximum absolute atomic E-state index is 12.4. The second kappa shape index (κ2) is 8.90. The van der Waals surface area contributed by atoms with Gasteiger partial charge in [-0.1, -0.05) is 29.3 Å². The summed E-state index contributed by atoms with van der Waals surface area (Å²) < 4.78 is 1.88. The molecular formula is C17H21Cl3N4O. The van der Waals surface area contributed by atoms with Crippen molar-refractivity contribution in [2.45, 2.75) is 31.8 Å². The Kier molecular flexibility index (Phi) is 7.14. The molecule has 2 unspecified atom stereocenters. The molecule has 0 radical (unpaired) electrons. The van der Waals surface area contributed by atoms with Crippen molar-refractivity contribution in [1.82, 2.24) is 20.4 Å². The van der Waals surface area contributed by atoms with Gasteiger partial charge in [-0.25, -0.2) is 0 Å². The van der Waals surface area contributed by atoms with Crippen molar-refractivity contribution in [3.05, 3.63) is 51.8 Å². The average molecular weight is 404 g/mol. The van der Waals surface area contributed by atoms with Crippen molar-refractivity contribution in [3.8, 4) is 0 Å². The molecule has 1 fully saturated rings. The minimum Gasteiger partial charge on any atom is -0.344 e. The summed E-state index contributed by atoms with van der Waals surface area (Å²) in [6.45, 7) is 3.84. The third-order valence-electron chi connectivity index (χ3n) is 4.28. The highest BCUT2D eigenvalue weighted by molar-refractivity contribution is 6.42. The molecule has 0 spiro atoms. The number of rotatable bonds is 4. The maximum atomic E-state index is 12.4. The minimum absolute atomic E-state index is 0. The van der Waals surface area contributed by atoms with Crippen LogP contribution in [0.25, 0.3) is 0 Å². The predicted molar refractivity (Wildman–Crippen MR) is 103 cm³/mol. The Morgan fingerprint density at radius 3 is 2.84 bits per heavy atom. The van der Waals surface area contributed by atoms with Gasteiger partial charge in [-0.15, -0.1) is 12.4 Å². The number of piperidine rings is 1. The van der Waals surface area contributed by atoms with Crippen LogP contribution in [0.1, 0.15) is 47.9 Å². The third-order valence-corrected chi connectivity index (χ3v) is 5.02. The number of benzene rings is 1. The van der Waals surface area contributed by atoms with Gasteiger partial charge in [0.25, 0.3) is 5.91 Å². The fourth-order valence-corrected chi connectivity index (χ4v) is 3.16. The molecule has 2 N–H and O–H groups in total. The number of nitrogens with zero attached hydrogens (tertiary/aromatic N) is 2. The van der Waals surface area contributed by atoms with E-state index in [4.69, 9.17) is 23.2 Å². The van der Waals surface area contributed by atoms with Crippen LogP contribution in [0.3, 0.4) is 0 Å². The number of amides is 1. The highest BCUT2D eigenvalue weighted by atomic mass is 35.5. The van der Waals surface area contributed by atoms with Crippen molar-refractivity contribution in [2.75, 3.05) is 13.1 Å². The Morgan fingerprint density at radius 1 is 1.36 bits per heavy atom. The van der Waals surface area contributed by atoms with Crippen LogP contribution < -0.4 is 10.6 Å². The standard InChI is InChI=1S/C17H20Cl2N4O.ClH/c1-11(12-4-5-14(18)15(19)9-12)21-17(24)16-6-8-23(22-16)13-3-2-7-20-10-13;/h4-6,8-9,11,13,20H,2-3,7,10H2,1H3,(H,21,24);1H. The van der Waals surface area contributed by atoms with E-state index in [-0.39, 0.29) is 24.4 Å². The number of carbonyl (C=O) groups excluding carboxylic acids is 1. The lowest BCUT2D eigenvalue weighted by Gasteiger charge is -2.22. The van der Waals surface area contributed by atoms with Gasteiger partial charge in [-0.05, 0) is 50.1 Å². The Bertz CT molecular complexity index is 728. The molecule has 1 aromatic carbocycles. The van der Waals surface area contributed by atoms with Crippen molar-refractivity contribution < 1.29 is 4.79 Å². The monoisotopic (exact) mass is 402 g/mol. The summed E-state index contributed by atoms with van der Waals surface area (Å²) >= 11 is 12.0. The number of hydrogen-bond acceptors (Lipinski definition) is 3. The molecule has 136 valence electrons. The highest BCUT2D eigenvalue weighted by Gasteiger charge is 2.19. The lowest BCUT2D eigenvalue weighted by Crippen LogP contribution is -2.32. The van der Waals surface area contributed by atoms with E-state index in [0.717, 1.165) is 31.5 Å². The Labute approximate surface area is 163 Å². The molecule has 1 aliphatic heterocycles. The van der Waals surface area contributed by atoms with E-state index in [9.17, 15) is 4.79 Å². The van der Waals surface area contributed by atoms with Crippen molar-refractivity contribution >= 4 is 41.5 Å². The molecule has 1 aliphatic rings. The van der Waals surface area contributed by atoms with E-state index < -0.39 is 0 Å². The zero-order chi connectivity index (χ0) is 17.1. The fraction of sp³-hybridized carbons (Fsp3) is 0.412. The zero-order valence-corrected chi connectivity index (χ0v) is 16.2. The van der Waals surface area contributed by atoms with Gasteiger partial charge in [0.2, 0.25) is 0 Å². The lowest BCUT2D eigenvalue weighted by atomic mass is 10.1. The molecule has 2 atom stereocenters. The van der Waals surface area contributed by atoms with Crippen LogP contribution in [0, 0.1) is 0 Å². The number of aromatic nitrogens is 2. The van der Waals surface area contributed by atoms with Crippen LogP contribution in [0.15, 0.2) is 30.5 Å². The molecule has 2 aromatic rings. The summed E-state index contributed by atoms with van der Waals surface area (Å²) in [5, 5.41) is 11.7. The molecule has 5 nitrogen and oxygen atoms in total. The van der Waals surface area contributed by atoms with Gasteiger partial charge in [0, 0.05) is 12.7 Å². The van der Waals surface area contributed by atoms with Gasteiger partial charge in [-0.2, -0.15) is 5.10 Å². The maximum Gasteiger partial charge on any atom is 0.272 e. The molecular weight excluding hydrogens is 383 g/mol. The second-order valence-electron chi connectivity index (χ2n) is 6.05. The first-order valence-electron chi connectivity index (χ1n) is 8.06. The largest absolute Gasteiger partial charge is 0.344 e. The van der Waals surface area contributed by atoms with Crippen LogP contribution in [-0.2, 0) is 0 Å². The summed E-state index contributed by atoms with van der Waals surface area (Å²) in [6, 6.07) is 7.23. The van der Waals surface area contributed by atoms with Crippen LogP contribution in [0.5, 0.6) is 0 Å². The molecule has 0 bridgehead atoms. The van der Waals surface area contributed by atoms with Gasteiger partial charge in [-0.3, -0.25) is 9.48 Å².